The summed E-state index contributed by atoms with van der Waals surface area (Å²) in [5, 5.41) is 25.4. The Bertz CT molecular complexity index is 3620. The number of methoxy groups -OCH3 is 1. The molecule has 4 saturated carbocycles. The average molecular weight is 1390 g/mol. The molecule has 2 heterocycles. The van der Waals surface area contributed by atoms with Gasteiger partial charge in [-0.05, 0) is 163 Å². The van der Waals surface area contributed by atoms with Gasteiger partial charge < -0.3 is 55.4 Å². The van der Waals surface area contributed by atoms with Gasteiger partial charge in [-0.15, -0.1) is 0 Å². The maximum absolute atomic E-state index is 12.2. The van der Waals surface area contributed by atoms with Gasteiger partial charge in [0, 0.05) is 43.6 Å². The summed E-state index contributed by atoms with van der Waals surface area (Å²) in [6.07, 6.45) is 29.0. The highest BCUT2D eigenvalue weighted by atomic mass is 16.6. The minimum Gasteiger partial charge on any atom is -0.465 e. The number of nitrogen functional groups attached to an aromatic ring is 1. The van der Waals surface area contributed by atoms with Crippen LogP contribution in [0.1, 0.15) is 248 Å². The molecule has 101 heavy (non-hydrogen) atoms. The van der Waals surface area contributed by atoms with Crippen LogP contribution in [0.4, 0.5) is 34.1 Å². The number of carbonyl (C=O) groups excluding carboxylic acids is 6. The van der Waals surface area contributed by atoms with Gasteiger partial charge in [-0.1, -0.05) is 127 Å². The number of nitrogens with two attached hydrogens (primary N) is 1. The van der Waals surface area contributed by atoms with Gasteiger partial charge >= 0.3 is 35.8 Å². The minimum atomic E-state index is -0.572. The number of benzene rings is 4. The third kappa shape index (κ3) is 25.8. The molecule has 0 spiro atoms. The van der Waals surface area contributed by atoms with Crippen molar-refractivity contribution in [3.8, 4) is 0 Å². The van der Waals surface area contributed by atoms with E-state index in [0.717, 1.165) is 84.5 Å². The molecule has 6 N–H and O–H groups in total. The first-order valence-corrected chi connectivity index (χ1v) is 36.3. The summed E-state index contributed by atoms with van der Waals surface area (Å²) in [5.41, 5.74) is 16.3. The fourth-order valence-corrected chi connectivity index (χ4v) is 13.0. The molecule has 0 amide bonds. The van der Waals surface area contributed by atoms with Crippen LogP contribution in [0.5, 0.6) is 0 Å². The Morgan fingerprint density at radius 3 is 1.14 bits per heavy atom. The number of nitro groups is 1. The van der Waals surface area contributed by atoms with Gasteiger partial charge in [0.15, 0.2) is 0 Å². The summed E-state index contributed by atoms with van der Waals surface area (Å²) < 4.78 is 29.9. The molecule has 0 radical (unpaired) electrons. The van der Waals surface area contributed by atoms with Crippen LogP contribution in [0, 0.1) is 22.0 Å². The van der Waals surface area contributed by atoms with Crippen molar-refractivity contribution in [3.05, 3.63) is 175 Å². The maximum Gasteiger partial charge on any atom is 0.339 e. The average Bonchev–Trinajstić information content (AvgIpc) is 0.856. The summed E-state index contributed by atoms with van der Waals surface area (Å²) in [6.45, 7) is 11.6. The molecule has 0 aliphatic heterocycles. The van der Waals surface area contributed by atoms with Crippen LogP contribution in [0.15, 0.2) is 109 Å². The Morgan fingerprint density at radius 2 is 0.762 bits per heavy atom. The van der Waals surface area contributed by atoms with Crippen molar-refractivity contribution in [2.24, 2.45) is 11.8 Å². The van der Waals surface area contributed by atoms with Crippen molar-refractivity contribution in [3.63, 3.8) is 0 Å². The van der Waals surface area contributed by atoms with Crippen molar-refractivity contribution >= 4 is 69.9 Å². The fourth-order valence-electron chi connectivity index (χ4n) is 13.0. The van der Waals surface area contributed by atoms with Crippen molar-refractivity contribution < 1.29 is 62.1 Å². The largest absolute Gasteiger partial charge is 0.465 e. The van der Waals surface area contributed by atoms with E-state index < -0.39 is 10.9 Å². The van der Waals surface area contributed by atoms with E-state index in [4.69, 9.17) is 34.2 Å². The Hall–Kier alpha value is -9.60. The number of anilines is 5. The quantitative estimate of drug-likeness (QED) is 0.0146. The summed E-state index contributed by atoms with van der Waals surface area (Å²) >= 11 is 0. The molecule has 0 saturated heterocycles. The molecular weight excluding hydrogens is 1280 g/mol. The number of aromatic nitrogens is 2. The summed E-state index contributed by atoms with van der Waals surface area (Å²) in [5.74, 6) is -1.10. The second-order valence-corrected chi connectivity index (χ2v) is 25.8. The Labute approximate surface area is 594 Å². The topological polar surface area (TPSA) is 301 Å². The van der Waals surface area contributed by atoms with Crippen molar-refractivity contribution in [1.29, 1.82) is 0 Å². The zero-order chi connectivity index (χ0) is 72.3. The summed E-state index contributed by atoms with van der Waals surface area (Å²) in [7, 11) is 1.37. The first-order chi connectivity index (χ1) is 49.0. The van der Waals surface area contributed by atoms with E-state index in [-0.39, 0.29) is 47.7 Å². The summed E-state index contributed by atoms with van der Waals surface area (Å²) in [6, 6.07) is 29.7. The number of hydrogen-bond acceptors (Lipinski definition) is 21. The van der Waals surface area contributed by atoms with Crippen LogP contribution in [0.2, 0.25) is 0 Å². The first kappa shape index (κ1) is 78.7. The zero-order valence-electron chi connectivity index (χ0n) is 59.8. The van der Waals surface area contributed by atoms with Gasteiger partial charge in [0.2, 0.25) is 0 Å². The second kappa shape index (κ2) is 42.5. The normalized spacial score (nSPS) is 14.8. The number of nitrogens with zero attached hydrogens (tertiary/aromatic N) is 3. The molecule has 0 atom stereocenters. The van der Waals surface area contributed by atoms with Gasteiger partial charge in [0.25, 0.3) is 5.69 Å². The first-order valence-electron chi connectivity index (χ1n) is 36.3. The fraction of sp³-hybridized carbons (Fsp3) is 0.494. The molecule has 4 fully saturated rings. The Kier molecular flexibility index (Phi) is 33.1. The maximum atomic E-state index is 12.2. The predicted molar refractivity (Wildman–Crippen MR) is 393 cm³/mol. The van der Waals surface area contributed by atoms with Crippen LogP contribution < -0.4 is 27.0 Å². The lowest BCUT2D eigenvalue weighted by Crippen LogP contribution is -2.23. The number of hydrogen-bond donors (Lipinski definition) is 5. The molecule has 4 aliphatic rings. The van der Waals surface area contributed by atoms with Gasteiger partial charge in [0.1, 0.15) is 5.69 Å². The monoisotopic (exact) mass is 1390 g/mol. The SMILES string of the molecule is CCOC(=O)c1ccc(CNc2cc(C(=O)OCC)ccc2NC2CCCCC2)cc1.CCOC(=O)c1ccc(NC2CCCCC2)c(NCc2ccc(C(=O)OC)cc2)c1.CCOC(=O)c1cnc(CC2CCCCC2)c(N)c1.CCOC(=O)c1cnc(CC2CCCCC2)c([N+](=O)[O-])c1. The lowest BCUT2D eigenvalue weighted by Gasteiger charge is -2.25. The van der Waals surface area contributed by atoms with Gasteiger partial charge in [-0.3, -0.25) is 20.1 Å². The molecule has 4 aromatic carbocycles. The molecular formula is C79H104N8O14. The van der Waals surface area contributed by atoms with Crippen LogP contribution in [-0.4, -0.2) is 103 Å². The third-order valence-corrected chi connectivity index (χ3v) is 18.4. The number of nitrogens with one attached hydrogen (secondary N) is 4. The minimum absolute atomic E-state index is 0.0777. The van der Waals surface area contributed by atoms with Crippen molar-refractivity contribution in [2.45, 2.75) is 201 Å². The van der Waals surface area contributed by atoms with Crippen molar-refractivity contribution in [1.82, 2.24) is 9.97 Å². The van der Waals surface area contributed by atoms with Crippen LogP contribution >= 0.6 is 0 Å². The molecule has 10 rings (SSSR count). The van der Waals surface area contributed by atoms with E-state index >= 15 is 0 Å². The van der Waals surface area contributed by atoms with E-state index in [2.05, 4.69) is 31.2 Å². The number of rotatable bonds is 26. The van der Waals surface area contributed by atoms with Crippen molar-refractivity contribution in [2.75, 3.05) is 67.1 Å². The molecule has 0 unspecified atom stereocenters. The van der Waals surface area contributed by atoms with E-state index in [1.165, 1.54) is 109 Å². The molecule has 22 heteroatoms. The highest BCUT2D eigenvalue weighted by Crippen LogP contribution is 2.34. The molecule has 6 aromatic rings. The van der Waals surface area contributed by atoms with E-state index in [9.17, 15) is 38.9 Å². The lowest BCUT2D eigenvalue weighted by atomic mass is 9.86. The van der Waals surface area contributed by atoms with Gasteiger partial charge in [-0.2, -0.15) is 0 Å². The molecule has 0 bridgehead atoms. The Balaban J connectivity index is 0.000000193. The highest BCUT2D eigenvalue weighted by Gasteiger charge is 2.25. The molecule has 22 nitrogen and oxygen atoms in total. The highest BCUT2D eigenvalue weighted by molar-refractivity contribution is 5.94. The standard InChI is InChI=1S/C25H32N2O4.C24H30N2O4.C15H20N2O4.C15H22N2O2/c1-3-30-24(28)19-12-10-18(11-13-19)17-26-23-16-20(25(29)31-4-2)14-15-22(23)27-21-8-6-5-7-9-21;1-3-30-24(28)19-13-14-21(26-20-7-5-4-6-8-20)22(15-19)25-16-17-9-11-18(12-10-17)23(27)29-2;1-2-21-15(18)12-9-14(17(19)20)13(16-10-12)8-11-6-4-3-5-7-11;1-2-19-15(18)12-9-13(16)14(17-10-12)8-11-6-4-3-5-7-11/h10-16,21,26-27H,3-9,17H2,1-2H3;9-15,20,25-26H,3-8,16H2,1-2H3;9-11H,2-8H2,1H3;9-11H,2-8,16H2,1H3. The van der Waals surface area contributed by atoms with Gasteiger partial charge in [-0.25, -0.2) is 28.8 Å². The van der Waals surface area contributed by atoms with Crippen LogP contribution in [0.25, 0.3) is 0 Å². The van der Waals surface area contributed by atoms with Crippen LogP contribution in [0.3, 0.4) is 0 Å². The number of carbonyl (C=O) groups is 6. The third-order valence-electron chi connectivity index (χ3n) is 18.4. The zero-order valence-corrected chi connectivity index (χ0v) is 59.8. The predicted octanol–water partition coefficient (Wildman–Crippen LogP) is 16.7. The van der Waals surface area contributed by atoms with E-state index in [0.29, 0.717) is 109 Å². The Morgan fingerprint density at radius 1 is 0.426 bits per heavy atom. The molecule has 544 valence electrons. The van der Waals surface area contributed by atoms with Gasteiger partial charge in [0.05, 0.1) is 113 Å². The number of pyridine rings is 2. The van der Waals surface area contributed by atoms with E-state index in [1.807, 2.05) is 54.6 Å². The second-order valence-electron chi connectivity index (χ2n) is 25.8. The molecule has 2 aromatic heterocycles. The van der Waals surface area contributed by atoms with Crippen LogP contribution in [-0.2, 0) is 54.4 Å². The molecule has 4 aliphatic carbocycles. The summed E-state index contributed by atoms with van der Waals surface area (Å²) in [4.78, 5) is 90.3. The number of esters is 6. The smallest absolute Gasteiger partial charge is 0.339 e. The lowest BCUT2D eigenvalue weighted by molar-refractivity contribution is -0.386. The number of ether oxygens (including phenoxy) is 6. The van der Waals surface area contributed by atoms with E-state index in [1.54, 1.807) is 77.2 Å².